The summed E-state index contributed by atoms with van der Waals surface area (Å²) in [6.07, 6.45) is 1.02. The van der Waals surface area contributed by atoms with Crippen LogP contribution in [0, 0.1) is 20.8 Å². The Hall–Kier alpha value is -1.18. The van der Waals surface area contributed by atoms with E-state index in [4.69, 9.17) is 11.5 Å². The van der Waals surface area contributed by atoms with Gasteiger partial charge in [-0.15, -0.1) is 0 Å². The van der Waals surface area contributed by atoms with Crippen molar-refractivity contribution in [3.63, 3.8) is 0 Å². The summed E-state index contributed by atoms with van der Waals surface area (Å²) in [6.45, 7) is 8.32. The molecule has 1 aromatic carbocycles. The van der Waals surface area contributed by atoms with E-state index < -0.39 is 0 Å². The van der Waals surface area contributed by atoms with Crippen molar-refractivity contribution < 1.29 is 0 Å². The zero-order valence-corrected chi connectivity index (χ0v) is 8.86. The van der Waals surface area contributed by atoms with Crippen LogP contribution >= 0.6 is 0 Å². The van der Waals surface area contributed by atoms with Crippen LogP contribution in [0.3, 0.4) is 0 Å². The molecule has 0 aliphatic heterocycles. The van der Waals surface area contributed by atoms with Crippen LogP contribution in [-0.2, 0) is 6.42 Å². The molecule has 0 atom stereocenters. The first-order valence-corrected chi connectivity index (χ1v) is 4.64. The number of anilines is 2. The topological polar surface area (TPSA) is 52.0 Å². The molecule has 0 fully saturated rings. The van der Waals surface area contributed by atoms with Crippen LogP contribution < -0.4 is 11.5 Å². The maximum absolute atomic E-state index is 5.90. The second-order valence-corrected chi connectivity index (χ2v) is 3.53. The van der Waals surface area contributed by atoms with Gasteiger partial charge in [0, 0.05) is 0 Å². The Bertz CT molecular complexity index is 311. The van der Waals surface area contributed by atoms with Gasteiger partial charge in [-0.1, -0.05) is 6.92 Å². The maximum Gasteiger partial charge on any atom is 0.0583 e. The molecule has 0 amide bonds. The number of benzene rings is 1. The van der Waals surface area contributed by atoms with Gasteiger partial charge in [0.2, 0.25) is 0 Å². The Labute approximate surface area is 79.9 Å². The largest absolute Gasteiger partial charge is 0.397 e. The van der Waals surface area contributed by atoms with E-state index in [1.165, 1.54) is 11.1 Å². The highest BCUT2D eigenvalue weighted by Crippen LogP contribution is 2.30. The normalized spacial score (nSPS) is 10.5. The fourth-order valence-corrected chi connectivity index (χ4v) is 1.81. The zero-order valence-electron chi connectivity index (χ0n) is 8.86. The lowest BCUT2D eigenvalue weighted by Gasteiger charge is -2.16. The molecular formula is C11H18N2. The van der Waals surface area contributed by atoms with Gasteiger partial charge in [0.1, 0.15) is 0 Å². The molecule has 0 aliphatic carbocycles. The van der Waals surface area contributed by atoms with Gasteiger partial charge in [-0.3, -0.25) is 0 Å². The Kier molecular flexibility index (Phi) is 2.50. The Morgan fingerprint density at radius 3 is 1.77 bits per heavy atom. The maximum atomic E-state index is 5.90. The standard InChI is InChI=1S/C11H18N2/c1-5-9-6(2)7(3)10(12)11(13)8(9)4/h5,12-13H2,1-4H3. The lowest BCUT2D eigenvalue weighted by Crippen LogP contribution is -2.06. The summed E-state index contributed by atoms with van der Waals surface area (Å²) in [5.41, 5.74) is 18.2. The molecule has 0 saturated carbocycles. The van der Waals surface area contributed by atoms with E-state index in [-0.39, 0.29) is 0 Å². The average molecular weight is 178 g/mol. The van der Waals surface area contributed by atoms with E-state index in [9.17, 15) is 0 Å². The van der Waals surface area contributed by atoms with Gasteiger partial charge in [-0.25, -0.2) is 0 Å². The van der Waals surface area contributed by atoms with Crippen molar-refractivity contribution in [1.29, 1.82) is 0 Å². The first kappa shape index (κ1) is 9.90. The molecule has 0 radical (unpaired) electrons. The third kappa shape index (κ3) is 1.37. The van der Waals surface area contributed by atoms with Crippen molar-refractivity contribution >= 4 is 11.4 Å². The van der Waals surface area contributed by atoms with E-state index >= 15 is 0 Å². The molecule has 72 valence electrons. The quantitative estimate of drug-likeness (QED) is 0.648. The van der Waals surface area contributed by atoms with Gasteiger partial charge in [-0.2, -0.15) is 0 Å². The summed E-state index contributed by atoms with van der Waals surface area (Å²) in [6, 6.07) is 0. The summed E-state index contributed by atoms with van der Waals surface area (Å²) >= 11 is 0. The van der Waals surface area contributed by atoms with Crippen LogP contribution in [0.15, 0.2) is 0 Å². The van der Waals surface area contributed by atoms with E-state index in [2.05, 4.69) is 13.8 Å². The highest BCUT2D eigenvalue weighted by atomic mass is 14.7. The van der Waals surface area contributed by atoms with Gasteiger partial charge in [-0.05, 0) is 49.4 Å². The first-order valence-electron chi connectivity index (χ1n) is 4.64. The highest BCUT2D eigenvalue weighted by Gasteiger charge is 2.11. The molecule has 1 rings (SSSR count). The fourth-order valence-electron chi connectivity index (χ4n) is 1.81. The van der Waals surface area contributed by atoms with Gasteiger partial charge in [0.25, 0.3) is 0 Å². The minimum absolute atomic E-state index is 0.743. The average Bonchev–Trinajstić information content (AvgIpc) is 2.13. The third-order valence-electron chi connectivity index (χ3n) is 2.92. The van der Waals surface area contributed by atoms with Crippen LogP contribution in [0.2, 0.25) is 0 Å². The molecule has 0 aromatic heterocycles. The van der Waals surface area contributed by atoms with E-state index in [0.717, 1.165) is 28.9 Å². The summed E-state index contributed by atoms with van der Waals surface area (Å²) in [4.78, 5) is 0. The molecule has 0 aliphatic rings. The lowest BCUT2D eigenvalue weighted by molar-refractivity contribution is 1.07. The minimum atomic E-state index is 0.743. The first-order chi connectivity index (χ1) is 6.00. The molecular weight excluding hydrogens is 160 g/mol. The molecule has 0 bridgehead atoms. The van der Waals surface area contributed by atoms with Crippen molar-refractivity contribution in [3.05, 3.63) is 22.3 Å². The molecule has 13 heavy (non-hydrogen) atoms. The van der Waals surface area contributed by atoms with Crippen LogP contribution in [0.1, 0.15) is 29.2 Å². The van der Waals surface area contributed by atoms with Crippen LogP contribution in [0.5, 0.6) is 0 Å². The Morgan fingerprint density at radius 2 is 1.31 bits per heavy atom. The Morgan fingerprint density at radius 1 is 0.846 bits per heavy atom. The third-order valence-corrected chi connectivity index (χ3v) is 2.92. The summed E-state index contributed by atoms with van der Waals surface area (Å²) in [7, 11) is 0. The summed E-state index contributed by atoms with van der Waals surface area (Å²) in [5, 5.41) is 0. The van der Waals surface area contributed by atoms with Gasteiger partial charge in [0.15, 0.2) is 0 Å². The molecule has 2 nitrogen and oxygen atoms in total. The van der Waals surface area contributed by atoms with Gasteiger partial charge < -0.3 is 11.5 Å². The van der Waals surface area contributed by atoms with Crippen molar-refractivity contribution in [2.75, 3.05) is 11.5 Å². The Balaban J connectivity index is 3.56. The van der Waals surface area contributed by atoms with Gasteiger partial charge >= 0.3 is 0 Å². The number of hydrogen-bond acceptors (Lipinski definition) is 2. The fraction of sp³-hybridized carbons (Fsp3) is 0.455. The monoisotopic (exact) mass is 178 g/mol. The predicted molar refractivity (Wildman–Crippen MR) is 58.9 cm³/mol. The van der Waals surface area contributed by atoms with Crippen LogP contribution in [0.25, 0.3) is 0 Å². The van der Waals surface area contributed by atoms with Crippen molar-refractivity contribution in [1.82, 2.24) is 0 Å². The SMILES string of the molecule is CCc1c(C)c(C)c(N)c(N)c1C. The van der Waals surface area contributed by atoms with E-state index in [1.807, 2.05) is 13.8 Å². The minimum Gasteiger partial charge on any atom is -0.397 e. The zero-order chi connectivity index (χ0) is 10.2. The molecule has 0 spiro atoms. The molecule has 0 saturated heterocycles. The van der Waals surface area contributed by atoms with Crippen molar-refractivity contribution in [2.45, 2.75) is 34.1 Å². The van der Waals surface area contributed by atoms with Crippen molar-refractivity contribution in [3.8, 4) is 0 Å². The van der Waals surface area contributed by atoms with Crippen LogP contribution in [-0.4, -0.2) is 0 Å². The van der Waals surface area contributed by atoms with Gasteiger partial charge in [0.05, 0.1) is 11.4 Å². The summed E-state index contributed by atoms with van der Waals surface area (Å²) < 4.78 is 0. The molecule has 0 heterocycles. The molecule has 0 unspecified atom stereocenters. The second kappa shape index (κ2) is 3.29. The number of nitrogens with two attached hydrogens (primary N) is 2. The number of nitrogen functional groups attached to an aromatic ring is 2. The highest BCUT2D eigenvalue weighted by molar-refractivity contribution is 5.74. The smallest absolute Gasteiger partial charge is 0.0583 e. The van der Waals surface area contributed by atoms with E-state index in [1.54, 1.807) is 0 Å². The van der Waals surface area contributed by atoms with E-state index in [0.29, 0.717) is 0 Å². The van der Waals surface area contributed by atoms with Crippen LogP contribution in [0.4, 0.5) is 11.4 Å². The number of rotatable bonds is 1. The lowest BCUT2D eigenvalue weighted by atomic mass is 9.93. The summed E-state index contributed by atoms with van der Waals surface area (Å²) in [5.74, 6) is 0. The number of hydrogen-bond donors (Lipinski definition) is 2. The predicted octanol–water partition coefficient (Wildman–Crippen LogP) is 2.34. The van der Waals surface area contributed by atoms with Crippen molar-refractivity contribution in [2.24, 2.45) is 0 Å². The molecule has 4 N–H and O–H groups in total. The molecule has 2 heteroatoms. The molecule has 1 aromatic rings. The second-order valence-electron chi connectivity index (χ2n) is 3.53.